The molecule has 0 radical (unpaired) electrons. The van der Waals surface area contributed by atoms with Crippen LogP contribution >= 0.6 is 0 Å². The number of aryl methyl sites for hydroxylation is 1. The van der Waals surface area contributed by atoms with Gasteiger partial charge in [0.15, 0.2) is 5.65 Å². The van der Waals surface area contributed by atoms with Gasteiger partial charge in [0.05, 0.1) is 16.5 Å². The van der Waals surface area contributed by atoms with E-state index in [2.05, 4.69) is 34.3 Å². The van der Waals surface area contributed by atoms with Crippen LogP contribution in [0.3, 0.4) is 0 Å². The highest BCUT2D eigenvalue weighted by Gasteiger charge is 2.48. The minimum atomic E-state index is -4.65. The van der Waals surface area contributed by atoms with Crippen LogP contribution in [0.1, 0.15) is 68.5 Å². The smallest absolute Gasteiger partial charge is 0.320 e. The Hall–Kier alpha value is -3.53. The second-order valence-electron chi connectivity index (χ2n) is 11.6. The third-order valence-corrected chi connectivity index (χ3v) is 8.60. The van der Waals surface area contributed by atoms with E-state index in [4.69, 9.17) is 0 Å². The maximum Gasteiger partial charge on any atom is 0.419 e. The highest BCUT2D eigenvalue weighted by atomic mass is 19.4. The monoisotopic (exact) mass is 536 g/mol. The summed E-state index contributed by atoms with van der Waals surface area (Å²) in [6.45, 7) is 4.49. The quantitative estimate of drug-likeness (QED) is 0.364. The van der Waals surface area contributed by atoms with E-state index in [9.17, 15) is 18.0 Å². The summed E-state index contributed by atoms with van der Waals surface area (Å²) in [6, 6.07) is 8.73. The standard InChI is InChI=1S/C29H31F3N6O/c1-18-12-28(13-18,26-36-35-17-37(26)3)21-7-4-6-20(11-21)22-15-33-24-23(29(30,31)32)10-19(16-38(24)25(22)39)14-34-27(2)8-5-9-27/h4,6-7,10-11,15-18,34H,5,8-9,12-14H2,1-3H3. The van der Waals surface area contributed by atoms with Gasteiger partial charge in [-0.3, -0.25) is 9.20 Å². The molecule has 204 valence electrons. The van der Waals surface area contributed by atoms with Gasteiger partial charge in [0.1, 0.15) is 12.2 Å². The fourth-order valence-corrected chi connectivity index (χ4v) is 6.32. The molecule has 0 aliphatic heterocycles. The molecule has 0 atom stereocenters. The maximum absolute atomic E-state index is 14.0. The third kappa shape index (κ3) is 4.34. The molecule has 0 unspecified atom stereocenters. The number of alkyl halides is 3. The number of halogens is 3. The minimum Gasteiger partial charge on any atom is -0.320 e. The Morgan fingerprint density at radius 1 is 1.18 bits per heavy atom. The van der Waals surface area contributed by atoms with Gasteiger partial charge in [-0.2, -0.15) is 13.2 Å². The van der Waals surface area contributed by atoms with Crippen LogP contribution in [0.4, 0.5) is 13.2 Å². The largest absolute Gasteiger partial charge is 0.419 e. The molecule has 7 nitrogen and oxygen atoms in total. The molecule has 0 spiro atoms. The zero-order valence-corrected chi connectivity index (χ0v) is 22.2. The predicted octanol–water partition coefficient (Wildman–Crippen LogP) is 5.26. The predicted molar refractivity (Wildman–Crippen MR) is 141 cm³/mol. The molecule has 1 aromatic carbocycles. The van der Waals surface area contributed by atoms with Crippen LogP contribution < -0.4 is 10.9 Å². The van der Waals surface area contributed by atoms with Gasteiger partial charge in [0.25, 0.3) is 5.56 Å². The Bertz CT molecular complexity index is 1610. The Kier molecular flexibility index (Phi) is 5.94. The lowest BCUT2D eigenvalue weighted by Gasteiger charge is -2.46. The molecule has 2 aliphatic carbocycles. The highest BCUT2D eigenvalue weighted by Crippen LogP contribution is 2.51. The van der Waals surface area contributed by atoms with Gasteiger partial charge in [-0.1, -0.05) is 25.1 Å². The average molecular weight is 537 g/mol. The molecule has 2 saturated carbocycles. The van der Waals surface area contributed by atoms with Gasteiger partial charge in [0, 0.05) is 31.5 Å². The van der Waals surface area contributed by atoms with Gasteiger partial charge in [0.2, 0.25) is 0 Å². The summed E-state index contributed by atoms with van der Waals surface area (Å²) < 4.78 is 45.1. The number of rotatable bonds is 6. The van der Waals surface area contributed by atoms with Gasteiger partial charge < -0.3 is 9.88 Å². The van der Waals surface area contributed by atoms with E-state index >= 15 is 0 Å². The summed E-state index contributed by atoms with van der Waals surface area (Å²) in [5.41, 5.74) is -0.00839. The van der Waals surface area contributed by atoms with Crippen molar-refractivity contribution in [2.24, 2.45) is 13.0 Å². The molecular weight excluding hydrogens is 505 g/mol. The number of pyridine rings is 1. The van der Waals surface area contributed by atoms with Crippen molar-refractivity contribution in [3.63, 3.8) is 0 Å². The molecule has 2 fully saturated rings. The van der Waals surface area contributed by atoms with Crippen molar-refractivity contribution in [1.82, 2.24) is 29.5 Å². The van der Waals surface area contributed by atoms with E-state index in [0.29, 0.717) is 17.0 Å². The van der Waals surface area contributed by atoms with Gasteiger partial charge in [-0.05, 0) is 73.8 Å². The van der Waals surface area contributed by atoms with Crippen LogP contribution in [0.15, 0.2) is 53.8 Å². The number of fused-ring (bicyclic) bond motifs is 1. The van der Waals surface area contributed by atoms with Crippen molar-refractivity contribution in [2.45, 2.75) is 69.6 Å². The summed E-state index contributed by atoms with van der Waals surface area (Å²) in [7, 11) is 1.92. The molecule has 10 heteroatoms. The van der Waals surface area contributed by atoms with Crippen LogP contribution in [0.2, 0.25) is 0 Å². The van der Waals surface area contributed by atoms with Crippen molar-refractivity contribution in [2.75, 3.05) is 0 Å². The molecular formula is C29H31F3N6O. The van der Waals surface area contributed by atoms with E-state index in [1.54, 1.807) is 12.4 Å². The Morgan fingerprint density at radius 3 is 2.56 bits per heavy atom. The van der Waals surface area contributed by atoms with Crippen molar-refractivity contribution in [3.8, 4) is 11.1 Å². The number of hydrogen-bond donors (Lipinski definition) is 1. The molecule has 3 heterocycles. The van der Waals surface area contributed by atoms with Crippen molar-refractivity contribution in [1.29, 1.82) is 0 Å². The first kappa shape index (κ1) is 25.7. The van der Waals surface area contributed by atoms with Gasteiger partial charge in [-0.25, -0.2) is 4.98 Å². The first-order chi connectivity index (χ1) is 18.5. The molecule has 2 aliphatic rings. The molecule has 0 bridgehead atoms. The number of nitrogens with zero attached hydrogens (tertiary/aromatic N) is 5. The normalized spacial score (nSPS) is 22.5. The number of nitrogens with one attached hydrogen (secondary N) is 1. The lowest BCUT2D eigenvalue weighted by atomic mass is 9.58. The molecule has 39 heavy (non-hydrogen) atoms. The number of aromatic nitrogens is 5. The fraction of sp³-hybridized carbons (Fsp3) is 0.448. The van der Waals surface area contributed by atoms with Crippen LogP contribution in [0.5, 0.6) is 0 Å². The molecule has 4 aromatic rings. The van der Waals surface area contributed by atoms with E-state index in [1.165, 1.54) is 12.4 Å². The second-order valence-corrected chi connectivity index (χ2v) is 11.6. The third-order valence-electron chi connectivity index (χ3n) is 8.60. The second kappa shape index (κ2) is 9.01. The van der Waals surface area contributed by atoms with E-state index in [1.807, 2.05) is 29.8 Å². The number of hydrogen-bond acceptors (Lipinski definition) is 5. The first-order valence-electron chi connectivity index (χ1n) is 13.3. The van der Waals surface area contributed by atoms with Gasteiger partial charge in [-0.15, -0.1) is 10.2 Å². The van der Waals surface area contributed by atoms with Crippen LogP contribution in [0, 0.1) is 5.92 Å². The minimum absolute atomic E-state index is 0.0868. The summed E-state index contributed by atoms with van der Waals surface area (Å²) in [5.74, 6) is 1.37. The Labute approximate surface area is 224 Å². The highest BCUT2D eigenvalue weighted by molar-refractivity contribution is 5.66. The zero-order chi connectivity index (χ0) is 27.6. The average Bonchev–Trinajstić information content (AvgIpc) is 3.29. The molecule has 1 N–H and O–H groups in total. The van der Waals surface area contributed by atoms with E-state index in [-0.39, 0.29) is 23.1 Å². The van der Waals surface area contributed by atoms with Gasteiger partial charge >= 0.3 is 6.18 Å². The Morgan fingerprint density at radius 2 is 1.95 bits per heavy atom. The summed E-state index contributed by atoms with van der Waals surface area (Å²) in [5, 5.41) is 11.8. The summed E-state index contributed by atoms with van der Waals surface area (Å²) >= 11 is 0. The van der Waals surface area contributed by atoms with Crippen molar-refractivity contribution in [3.05, 3.63) is 81.9 Å². The lowest BCUT2D eigenvalue weighted by Crippen LogP contribution is -2.47. The molecule has 0 saturated heterocycles. The topological polar surface area (TPSA) is 77.1 Å². The molecule has 3 aromatic heterocycles. The van der Waals surface area contributed by atoms with Crippen LogP contribution in [0.25, 0.3) is 16.8 Å². The zero-order valence-electron chi connectivity index (χ0n) is 22.2. The molecule has 6 rings (SSSR count). The van der Waals surface area contributed by atoms with Crippen molar-refractivity contribution < 1.29 is 13.2 Å². The fourth-order valence-electron chi connectivity index (χ4n) is 6.32. The van der Waals surface area contributed by atoms with E-state index in [0.717, 1.165) is 54.0 Å². The number of benzene rings is 1. The maximum atomic E-state index is 14.0. The molecule has 0 amide bonds. The van der Waals surface area contributed by atoms with Crippen LogP contribution in [-0.2, 0) is 25.2 Å². The lowest BCUT2D eigenvalue weighted by molar-refractivity contribution is -0.136. The SMILES string of the molecule is CC1CC(c2cccc(-c3cnc4c(C(F)(F)F)cc(CNC5(C)CCC5)cn4c3=O)c2)(c2nncn2C)C1. The Balaban J connectivity index is 1.44. The van der Waals surface area contributed by atoms with Crippen molar-refractivity contribution >= 4 is 5.65 Å². The van der Waals surface area contributed by atoms with E-state index < -0.39 is 22.9 Å². The van der Waals surface area contributed by atoms with Crippen LogP contribution in [-0.4, -0.2) is 29.7 Å². The first-order valence-corrected chi connectivity index (χ1v) is 13.3. The summed E-state index contributed by atoms with van der Waals surface area (Å²) in [4.78, 5) is 17.9. The summed E-state index contributed by atoms with van der Waals surface area (Å²) in [6.07, 6.45) is 4.61.